The van der Waals surface area contributed by atoms with Crippen LogP contribution in [0.15, 0.2) is 196 Å². The highest BCUT2D eigenvalue weighted by molar-refractivity contribution is 8.34. The molecule has 10 rings (SSSR count). The van der Waals surface area contributed by atoms with Gasteiger partial charge >= 0.3 is 0 Å². The van der Waals surface area contributed by atoms with Crippen LogP contribution in [0, 0.1) is 0 Å². The van der Waals surface area contributed by atoms with Gasteiger partial charge in [-0.15, -0.1) is 10.0 Å². The first-order valence-electron chi connectivity index (χ1n) is 17.5. The summed E-state index contributed by atoms with van der Waals surface area (Å²) in [5.74, 6) is 3.15. The molecule has 5 nitrogen and oxygen atoms in total. The zero-order valence-corrected chi connectivity index (χ0v) is 29.6. The fourth-order valence-electron chi connectivity index (χ4n) is 7.85. The van der Waals surface area contributed by atoms with Crippen LogP contribution in [0.4, 0.5) is 0 Å². The summed E-state index contributed by atoms with van der Waals surface area (Å²) in [6.45, 7) is 4.25. The monoisotopic (exact) mass is 693 g/mol. The number of fused-ring (bicyclic) bond motifs is 7. The summed E-state index contributed by atoms with van der Waals surface area (Å²) >= 11 is 0. The van der Waals surface area contributed by atoms with Crippen molar-refractivity contribution < 1.29 is 9.47 Å². The summed E-state index contributed by atoms with van der Waals surface area (Å²) in [6, 6.07) is 62.4. The van der Waals surface area contributed by atoms with Crippen molar-refractivity contribution in [3.63, 3.8) is 0 Å². The Hall–Kier alpha value is -6.24. The third-order valence-electron chi connectivity index (χ3n) is 10.1. The number of hydrogen-bond donors (Lipinski definition) is 0. The van der Waals surface area contributed by atoms with Gasteiger partial charge in [0.25, 0.3) is 0 Å². The van der Waals surface area contributed by atoms with Crippen LogP contribution in [0.2, 0.25) is 0 Å². The first kappa shape index (κ1) is 30.6. The maximum Gasteiger partial charge on any atom is 0.220 e. The Labute approximate surface area is 303 Å². The van der Waals surface area contributed by atoms with Crippen LogP contribution in [-0.4, -0.2) is 14.0 Å². The maximum absolute atomic E-state index is 7.07. The number of imidazole rings is 2. The average molecular weight is 694 g/mol. The lowest BCUT2D eigenvalue weighted by molar-refractivity contribution is 0.111. The quantitative estimate of drug-likeness (QED) is 0.180. The number of rotatable bonds is 5. The van der Waals surface area contributed by atoms with E-state index in [1.165, 1.54) is 14.7 Å². The number of aromatic nitrogens is 3. The van der Waals surface area contributed by atoms with Gasteiger partial charge in [-0.2, -0.15) is 0 Å². The van der Waals surface area contributed by atoms with Gasteiger partial charge in [0, 0.05) is 25.1 Å². The van der Waals surface area contributed by atoms with Gasteiger partial charge in [-0.3, -0.25) is 8.97 Å². The van der Waals surface area contributed by atoms with Crippen molar-refractivity contribution in [2.75, 3.05) is 0 Å². The van der Waals surface area contributed by atoms with E-state index < -0.39 is 15.6 Å². The van der Waals surface area contributed by atoms with Crippen molar-refractivity contribution in [1.82, 2.24) is 14.0 Å². The lowest BCUT2D eigenvalue weighted by atomic mass is 9.97. The largest absolute Gasteiger partial charge is 0.479 e. The van der Waals surface area contributed by atoms with Crippen molar-refractivity contribution in [2.24, 2.45) is 0 Å². The van der Waals surface area contributed by atoms with Crippen molar-refractivity contribution in [1.29, 1.82) is 0 Å². The Balaban J connectivity index is 1.32. The molecule has 0 unspecified atom stereocenters. The van der Waals surface area contributed by atoms with E-state index >= 15 is 0 Å². The molecular weight excluding hydrogens is 659 g/mol. The topological polar surface area (TPSA) is 40.7 Å². The van der Waals surface area contributed by atoms with E-state index in [0.717, 1.165) is 55.5 Å². The zero-order valence-electron chi connectivity index (χ0n) is 28.8. The molecule has 7 aromatic carbocycles. The number of ether oxygens (including phenoxy) is 2. The number of benzene rings is 7. The van der Waals surface area contributed by atoms with E-state index in [1.807, 2.05) is 24.3 Å². The molecule has 6 heteroatoms. The molecular formula is C46H35N3O2S. The zero-order chi connectivity index (χ0) is 34.9. The lowest BCUT2D eigenvalue weighted by Crippen LogP contribution is -2.25. The second-order valence-corrected chi connectivity index (χ2v) is 16.7. The molecule has 0 bridgehead atoms. The first-order valence-corrected chi connectivity index (χ1v) is 19.2. The molecule has 0 aliphatic carbocycles. The molecule has 0 fully saturated rings. The third kappa shape index (κ3) is 4.47. The SMILES string of the molecule is CC1(C)Oc2ccccc2Oc2c1cccc2S(c1ccccc1)(c1ccccc1)c1cccc(-n2c3ccccc3n3c4ccccc4nc23)c1. The third-order valence-corrected chi connectivity index (χ3v) is 14.0. The van der Waals surface area contributed by atoms with E-state index in [9.17, 15) is 0 Å². The van der Waals surface area contributed by atoms with Crippen LogP contribution >= 0.6 is 10.0 Å². The predicted molar refractivity (Wildman–Crippen MR) is 210 cm³/mol. The van der Waals surface area contributed by atoms with Crippen LogP contribution in [0.1, 0.15) is 19.4 Å². The minimum absolute atomic E-state index is 0.656. The highest BCUT2D eigenvalue weighted by Gasteiger charge is 2.41. The van der Waals surface area contributed by atoms with E-state index in [1.54, 1.807) is 0 Å². The minimum Gasteiger partial charge on any atom is -0.479 e. The number of para-hydroxylation sites is 7. The maximum atomic E-state index is 7.07. The standard InChI is InChI=1S/C46H35N3O2S/c1-46(2)36-23-16-30-43(44(36)50-41-28-13-14-29-42(41)51-46)52(33-18-5-3-6-19-33,34-20-7-4-8-21-34)35-22-15-17-32(31-35)48-39-26-11-12-27-40(39)49-38-25-10-9-24-37(38)47-45(48)49/h3-31H,1-2H3. The van der Waals surface area contributed by atoms with Crippen molar-refractivity contribution in [3.8, 4) is 22.9 Å². The van der Waals surface area contributed by atoms with Gasteiger partial charge in [-0.25, -0.2) is 4.98 Å². The van der Waals surface area contributed by atoms with Gasteiger partial charge in [0.1, 0.15) is 11.4 Å². The highest BCUT2D eigenvalue weighted by Crippen LogP contribution is 2.76. The lowest BCUT2D eigenvalue weighted by Gasteiger charge is -2.43. The Bertz CT molecular complexity index is 2750. The fourth-order valence-corrected chi connectivity index (χ4v) is 11.9. The van der Waals surface area contributed by atoms with Gasteiger partial charge in [-0.05, 0) is 98.8 Å². The molecule has 52 heavy (non-hydrogen) atoms. The molecule has 2 aromatic heterocycles. The van der Waals surface area contributed by atoms with Crippen LogP contribution in [-0.2, 0) is 5.60 Å². The van der Waals surface area contributed by atoms with Crippen LogP contribution < -0.4 is 9.47 Å². The normalized spacial score (nSPS) is 14.0. The average Bonchev–Trinajstić information content (AvgIpc) is 3.68. The molecule has 1 aliphatic rings. The van der Waals surface area contributed by atoms with E-state index in [2.05, 4.69) is 174 Å². The smallest absolute Gasteiger partial charge is 0.220 e. The van der Waals surface area contributed by atoms with E-state index in [-0.39, 0.29) is 0 Å². The highest BCUT2D eigenvalue weighted by atomic mass is 32.3. The summed E-state index contributed by atoms with van der Waals surface area (Å²) in [5, 5.41) is 0. The molecule has 0 spiro atoms. The first-order chi connectivity index (χ1) is 25.5. The Morgan fingerprint density at radius 1 is 0.538 bits per heavy atom. The van der Waals surface area contributed by atoms with Crippen molar-refractivity contribution in [3.05, 3.63) is 181 Å². The van der Waals surface area contributed by atoms with Gasteiger partial charge in [0.15, 0.2) is 11.5 Å². The summed E-state index contributed by atoms with van der Waals surface area (Å²) in [7, 11) is -2.19. The molecule has 0 amide bonds. The second kappa shape index (κ2) is 11.7. The molecule has 0 radical (unpaired) electrons. The van der Waals surface area contributed by atoms with E-state index in [0.29, 0.717) is 5.75 Å². The summed E-state index contributed by atoms with van der Waals surface area (Å²) in [5.41, 5.74) is 5.66. The molecule has 0 N–H and O–H groups in total. The molecule has 1 aliphatic heterocycles. The van der Waals surface area contributed by atoms with Gasteiger partial charge in [-0.1, -0.05) is 91.0 Å². The summed E-state index contributed by atoms with van der Waals surface area (Å²) in [6.07, 6.45) is 0. The van der Waals surface area contributed by atoms with Gasteiger partial charge < -0.3 is 9.47 Å². The van der Waals surface area contributed by atoms with Crippen LogP contribution in [0.3, 0.4) is 0 Å². The van der Waals surface area contributed by atoms with E-state index in [4.69, 9.17) is 14.5 Å². The van der Waals surface area contributed by atoms with Gasteiger partial charge in [0.05, 0.1) is 27.8 Å². The van der Waals surface area contributed by atoms with Crippen molar-refractivity contribution >= 4 is 37.9 Å². The molecule has 3 heterocycles. The molecule has 252 valence electrons. The molecule has 0 atom stereocenters. The second-order valence-electron chi connectivity index (χ2n) is 13.6. The number of nitrogens with zero attached hydrogens (tertiary/aromatic N) is 3. The number of hydrogen-bond acceptors (Lipinski definition) is 3. The summed E-state index contributed by atoms with van der Waals surface area (Å²) in [4.78, 5) is 9.91. The minimum atomic E-state index is -2.19. The van der Waals surface area contributed by atoms with Crippen LogP contribution in [0.25, 0.3) is 33.5 Å². The Kier molecular flexibility index (Phi) is 6.85. The van der Waals surface area contributed by atoms with Crippen molar-refractivity contribution in [2.45, 2.75) is 39.0 Å². The van der Waals surface area contributed by atoms with Gasteiger partial charge in [0.2, 0.25) is 5.78 Å². The molecule has 0 saturated carbocycles. The Morgan fingerprint density at radius 3 is 1.88 bits per heavy atom. The predicted octanol–water partition coefficient (Wildman–Crippen LogP) is 12.2. The fraction of sp³-hybridized carbons (Fsp3) is 0.0652. The molecule has 9 aromatic rings. The Morgan fingerprint density at radius 2 is 1.13 bits per heavy atom. The molecule has 0 saturated heterocycles. The van der Waals surface area contributed by atoms with Crippen LogP contribution in [0.5, 0.6) is 17.2 Å². The summed E-state index contributed by atoms with van der Waals surface area (Å²) < 4.78 is 18.3.